The van der Waals surface area contributed by atoms with Gasteiger partial charge in [-0.1, -0.05) is 74.9 Å². The lowest BCUT2D eigenvalue weighted by atomic mass is 9.63. The number of benzene rings is 3. The van der Waals surface area contributed by atoms with Crippen molar-refractivity contribution >= 4 is 42.9 Å². The molecule has 3 aromatic rings. The molecule has 0 spiro atoms. The quantitative estimate of drug-likeness (QED) is 0.532. The van der Waals surface area contributed by atoms with Crippen LogP contribution in [0, 0.1) is 6.92 Å². The van der Waals surface area contributed by atoms with Crippen LogP contribution in [0.15, 0.2) is 60.7 Å². The zero-order chi connectivity index (χ0) is 21.5. The molecule has 0 atom stereocenters. The zero-order valence-electron chi connectivity index (χ0n) is 19.1. The van der Waals surface area contributed by atoms with E-state index in [2.05, 4.69) is 111 Å². The molecule has 156 valence electrons. The Balaban J connectivity index is 1.69. The average Bonchev–Trinajstić information content (AvgIpc) is 2.69. The van der Waals surface area contributed by atoms with E-state index < -0.39 is 8.32 Å². The molecule has 0 radical (unpaired) electrons. The summed E-state index contributed by atoms with van der Waals surface area (Å²) in [5.41, 5.74) is 5.05. The van der Waals surface area contributed by atoms with Crippen LogP contribution in [0.1, 0.15) is 26.3 Å². The minimum Gasteiger partial charge on any atom is -0.415 e. The highest BCUT2D eigenvalue weighted by Gasteiger charge is 2.38. The molecule has 0 fully saturated rings. The van der Waals surface area contributed by atoms with E-state index in [1.807, 2.05) is 0 Å². The first-order chi connectivity index (χ1) is 14.2. The molecule has 0 saturated heterocycles. The molecule has 0 bridgehead atoms. The van der Waals surface area contributed by atoms with Gasteiger partial charge in [-0.3, -0.25) is 0 Å². The SMILES string of the molecule is Cc1ccc(B2Nc3cccc4cccc(c34)N2CCO[Si](C)(C)C(C)(C)C)cc1. The lowest BCUT2D eigenvalue weighted by Crippen LogP contribution is -2.57. The third kappa shape index (κ3) is 3.89. The van der Waals surface area contributed by atoms with Crippen LogP contribution in [-0.2, 0) is 4.43 Å². The van der Waals surface area contributed by atoms with Crippen LogP contribution in [0.3, 0.4) is 0 Å². The highest BCUT2D eigenvalue weighted by atomic mass is 28.4. The van der Waals surface area contributed by atoms with Gasteiger partial charge < -0.3 is 14.5 Å². The largest absolute Gasteiger partial charge is 0.415 e. The van der Waals surface area contributed by atoms with Gasteiger partial charge in [0, 0.05) is 23.3 Å². The average molecular weight is 416 g/mol. The van der Waals surface area contributed by atoms with Crippen LogP contribution >= 0.6 is 0 Å². The van der Waals surface area contributed by atoms with Crippen LogP contribution in [0.5, 0.6) is 0 Å². The summed E-state index contributed by atoms with van der Waals surface area (Å²) in [4.78, 5) is 2.48. The Morgan fingerprint density at radius 1 is 0.967 bits per heavy atom. The fourth-order valence-electron chi connectivity index (χ4n) is 3.92. The van der Waals surface area contributed by atoms with Crippen LogP contribution in [-0.4, -0.2) is 28.5 Å². The van der Waals surface area contributed by atoms with E-state index in [0.717, 1.165) is 13.2 Å². The maximum Gasteiger partial charge on any atom is 0.408 e. The van der Waals surface area contributed by atoms with Gasteiger partial charge in [-0.25, -0.2) is 0 Å². The standard InChI is InChI=1S/C25H33BN2OSi/c1-19-13-15-21(16-14-19)26-27-22-11-7-9-20-10-8-12-23(24(20)22)28(26)17-18-29-30(5,6)25(2,3)4/h7-16,27H,17-18H2,1-6H3. The second kappa shape index (κ2) is 7.79. The molecule has 3 aromatic carbocycles. The minimum absolute atomic E-state index is 0.0918. The van der Waals surface area contributed by atoms with Crippen LogP contribution in [0.4, 0.5) is 11.4 Å². The van der Waals surface area contributed by atoms with Crippen molar-refractivity contribution in [2.24, 2.45) is 0 Å². The smallest absolute Gasteiger partial charge is 0.408 e. The van der Waals surface area contributed by atoms with Gasteiger partial charge in [0.1, 0.15) is 0 Å². The van der Waals surface area contributed by atoms with Crippen molar-refractivity contribution in [1.82, 2.24) is 0 Å². The maximum absolute atomic E-state index is 6.55. The molecule has 4 rings (SSSR count). The highest BCUT2D eigenvalue weighted by molar-refractivity contribution is 6.80. The van der Waals surface area contributed by atoms with E-state index in [9.17, 15) is 0 Å². The summed E-state index contributed by atoms with van der Waals surface area (Å²) < 4.78 is 6.55. The Morgan fingerprint density at radius 3 is 2.30 bits per heavy atom. The zero-order valence-corrected chi connectivity index (χ0v) is 20.1. The Hall–Kier alpha value is -2.24. The number of rotatable bonds is 5. The van der Waals surface area contributed by atoms with E-state index in [1.165, 1.54) is 33.2 Å². The molecule has 0 saturated carbocycles. The van der Waals surface area contributed by atoms with Crippen molar-refractivity contribution in [1.29, 1.82) is 0 Å². The Morgan fingerprint density at radius 2 is 1.63 bits per heavy atom. The summed E-state index contributed by atoms with van der Waals surface area (Å²) in [6.07, 6.45) is 0. The van der Waals surface area contributed by atoms with Crippen molar-refractivity contribution in [2.75, 3.05) is 23.2 Å². The number of hydrogen-bond donors (Lipinski definition) is 1. The lowest BCUT2D eigenvalue weighted by Gasteiger charge is -2.40. The summed E-state index contributed by atoms with van der Waals surface area (Å²) in [5.74, 6) is 0. The monoisotopic (exact) mass is 416 g/mol. The molecular weight excluding hydrogens is 383 g/mol. The molecule has 0 aromatic heterocycles. The first-order valence-corrected chi connectivity index (χ1v) is 13.8. The predicted molar refractivity (Wildman–Crippen MR) is 135 cm³/mol. The van der Waals surface area contributed by atoms with Gasteiger partial charge in [0.2, 0.25) is 0 Å². The van der Waals surface area contributed by atoms with Gasteiger partial charge in [-0.15, -0.1) is 0 Å². The molecule has 1 heterocycles. The topological polar surface area (TPSA) is 24.5 Å². The molecule has 1 N–H and O–H groups in total. The van der Waals surface area contributed by atoms with Crippen LogP contribution < -0.4 is 15.5 Å². The van der Waals surface area contributed by atoms with Gasteiger partial charge in [0.15, 0.2) is 8.32 Å². The summed E-state index contributed by atoms with van der Waals surface area (Å²) in [5, 5.41) is 6.60. The number of aryl methyl sites for hydroxylation is 1. The summed E-state index contributed by atoms with van der Waals surface area (Å²) in [6, 6.07) is 22.0. The van der Waals surface area contributed by atoms with E-state index in [0.29, 0.717) is 0 Å². The Labute approximate surface area is 182 Å². The van der Waals surface area contributed by atoms with Gasteiger partial charge >= 0.3 is 6.98 Å². The number of anilines is 2. The first kappa shape index (κ1) is 21.0. The second-order valence-electron chi connectivity index (χ2n) is 9.94. The van der Waals surface area contributed by atoms with Crippen molar-refractivity contribution in [3.63, 3.8) is 0 Å². The number of hydrogen-bond acceptors (Lipinski definition) is 3. The van der Waals surface area contributed by atoms with E-state index in [-0.39, 0.29) is 12.0 Å². The Bertz CT molecular complexity index is 1040. The summed E-state index contributed by atoms with van der Waals surface area (Å²) in [6.45, 7) is 15.4. The van der Waals surface area contributed by atoms with Gasteiger partial charge in [0.05, 0.1) is 6.61 Å². The fraction of sp³-hybridized carbons (Fsp3) is 0.360. The molecule has 0 aliphatic carbocycles. The van der Waals surface area contributed by atoms with E-state index in [1.54, 1.807) is 0 Å². The molecule has 0 unspecified atom stereocenters. The predicted octanol–water partition coefficient (Wildman–Crippen LogP) is 5.80. The van der Waals surface area contributed by atoms with E-state index >= 15 is 0 Å². The molecule has 1 aliphatic heterocycles. The van der Waals surface area contributed by atoms with Crippen molar-refractivity contribution in [3.8, 4) is 0 Å². The molecular formula is C25H33BN2OSi. The third-order valence-electron chi connectivity index (χ3n) is 6.79. The molecule has 0 amide bonds. The number of nitrogens with zero attached hydrogens (tertiary/aromatic N) is 1. The minimum atomic E-state index is -1.78. The molecule has 1 aliphatic rings. The maximum atomic E-state index is 6.55. The molecule has 5 heteroatoms. The van der Waals surface area contributed by atoms with Crippen LogP contribution in [0.25, 0.3) is 10.8 Å². The van der Waals surface area contributed by atoms with Gasteiger partial charge in [-0.05, 0) is 48.0 Å². The second-order valence-corrected chi connectivity index (χ2v) is 14.7. The number of nitrogens with one attached hydrogen (secondary N) is 1. The first-order valence-electron chi connectivity index (χ1n) is 10.9. The lowest BCUT2D eigenvalue weighted by molar-refractivity contribution is 0.298. The molecule has 3 nitrogen and oxygen atoms in total. The van der Waals surface area contributed by atoms with Gasteiger partial charge in [0.25, 0.3) is 0 Å². The van der Waals surface area contributed by atoms with Crippen molar-refractivity contribution < 1.29 is 4.43 Å². The normalized spacial score (nSPS) is 14.2. The third-order valence-corrected chi connectivity index (χ3v) is 11.3. The van der Waals surface area contributed by atoms with E-state index in [4.69, 9.17) is 4.43 Å². The highest BCUT2D eigenvalue weighted by Crippen LogP contribution is 2.38. The van der Waals surface area contributed by atoms with Crippen LogP contribution in [0.2, 0.25) is 18.1 Å². The van der Waals surface area contributed by atoms with Crippen molar-refractivity contribution in [3.05, 3.63) is 66.2 Å². The Kier molecular flexibility index (Phi) is 5.45. The van der Waals surface area contributed by atoms with Crippen molar-refractivity contribution in [2.45, 2.75) is 45.8 Å². The summed E-state index contributed by atoms with van der Waals surface area (Å²) in [7, 11) is -1.78. The summed E-state index contributed by atoms with van der Waals surface area (Å²) >= 11 is 0. The van der Waals surface area contributed by atoms with Gasteiger partial charge in [-0.2, -0.15) is 0 Å². The molecule has 30 heavy (non-hydrogen) atoms. The fourth-order valence-corrected chi connectivity index (χ4v) is 4.96.